The number of hydrogen-bond donors (Lipinski definition) is 1. The Morgan fingerprint density at radius 3 is 2.59 bits per heavy atom. The third kappa shape index (κ3) is 3.66. The number of piperazine rings is 1. The Morgan fingerprint density at radius 2 is 1.91 bits per heavy atom. The molecular weight excluding hydrogens is 317 g/mol. The summed E-state index contributed by atoms with van der Waals surface area (Å²) in [5.41, 5.74) is 2.75. The van der Waals surface area contributed by atoms with Crippen LogP contribution in [0, 0.1) is 0 Å². The van der Waals surface area contributed by atoms with Crippen LogP contribution < -0.4 is 5.32 Å². The summed E-state index contributed by atoms with van der Waals surface area (Å²) in [6, 6.07) is 9.12. The highest BCUT2D eigenvalue weighted by atomic mass is 35.5. The first-order valence-electron chi connectivity index (χ1n) is 7.41. The number of rotatable bonds is 4. The summed E-state index contributed by atoms with van der Waals surface area (Å²) in [7, 11) is 2.13. The molecule has 1 atom stereocenters. The molecule has 1 aromatic carbocycles. The molecule has 1 aliphatic heterocycles. The molecule has 2 heterocycles. The van der Waals surface area contributed by atoms with E-state index >= 15 is 0 Å². The minimum absolute atomic E-state index is 0. The maximum atomic E-state index is 3.96. The van der Waals surface area contributed by atoms with E-state index in [0.29, 0.717) is 6.04 Å². The zero-order chi connectivity index (χ0) is 13.9. The first-order valence-corrected chi connectivity index (χ1v) is 7.41. The molecule has 0 unspecified atom stereocenters. The van der Waals surface area contributed by atoms with E-state index in [1.54, 1.807) is 0 Å². The zero-order valence-corrected chi connectivity index (χ0v) is 14.6. The van der Waals surface area contributed by atoms with E-state index in [9.17, 15) is 0 Å². The van der Waals surface area contributed by atoms with E-state index < -0.39 is 0 Å². The van der Waals surface area contributed by atoms with Gasteiger partial charge >= 0.3 is 0 Å². The van der Waals surface area contributed by atoms with Gasteiger partial charge in [0.25, 0.3) is 0 Å². The van der Waals surface area contributed by atoms with Crippen molar-refractivity contribution in [2.45, 2.75) is 12.5 Å². The highest BCUT2D eigenvalue weighted by Crippen LogP contribution is 2.32. The average molecular weight is 342 g/mol. The lowest BCUT2D eigenvalue weighted by Gasteiger charge is -2.34. The Kier molecular flexibility index (Phi) is 7.43. The van der Waals surface area contributed by atoms with Gasteiger partial charge in [0, 0.05) is 56.4 Å². The van der Waals surface area contributed by atoms with E-state index in [2.05, 4.69) is 64.9 Å². The van der Waals surface area contributed by atoms with Crippen molar-refractivity contribution in [1.29, 1.82) is 0 Å². The lowest BCUT2D eigenvalue weighted by atomic mass is 10.0. The van der Waals surface area contributed by atoms with Crippen LogP contribution in [0.25, 0.3) is 10.9 Å². The van der Waals surface area contributed by atoms with Crippen LogP contribution in [0.2, 0.25) is 0 Å². The van der Waals surface area contributed by atoms with Gasteiger partial charge in [-0.25, -0.2) is 0 Å². The van der Waals surface area contributed by atoms with Crippen molar-refractivity contribution in [2.24, 2.45) is 7.05 Å². The van der Waals surface area contributed by atoms with Gasteiger partial charge in [-0.05, 0) is 18.1 Å². The molecule has 5 heteroatoms. The first kappa shape index (κ1) is 19.0. The fourth-order valence-corrected chi connectivity index (χ4v) is 3.26. The van der Waals surface area contributed by atoms with Crippen LogP contribution in [-0.2, 0) is 7.05 Å². The average Bonchev–Trinajstić information content (AvgIpc) is 2.83. The van der Waals surface area contributed by atoms with E-state index in [1.807, 2.05) is 0 Å². The lowest BCUT2D eigenvalue weighted by Crippen LogP contribution is -2.45. The van der Waals surface area contributed by atoms with Crippen LogP contribution in [0.3, 0.4) is 0 Å². The number of fused-ring (bicyclic) bond motifs is 1. The summed E-state index contributed by atoms with van der Waals surface area (Å²) in [5.74, 6) is 0. The standard InChI is InChI=1S/C17H23N3.2ClH/c1-3-6-17(20-11-9-18-10-12-20)15-13-19(2)16-8-5-4-7-14(15)16;;/h3-5,7-8,13,17-18H,1,6,9-12H2,2H3;2*1H/t17-;;/m1../s1. The van der Waals surface area contributed by atoms with E-state index in [4.69, 9.17) is 0 Å². The van der Waals surface area contributed by atoms with Crippen molar-refractivity contribution >= 4 is 35.7 Å². The van der Waals surface area contributed by atoms with Gasteiger partial charge in [-0.2, -0.15) is 0 Å². The minimum Gasteiger partial charge on any atom is -0.350 e. The summed E-state index contributed by atoms with van der Waals surface area (Å²) in [6.07, 6.45) is 5.35. The van der Waals surface area contributed by atoms with Crippen molar-refractivity contribution in [3.63, 3.8) is 0 Å². The van der Waals surface area contributed by atoms with Gasteiger partial charge in [-0.15, -0.1) is 31.4 Å². The van der Waals surface area contributed by atoms with Crippen LogP contribution in [-0.4, -0.2) is 35.6 Å². The zero-order valence-electron chi connectivity index (χ0n) is 13.0. The second-order valence-electron chi connectivity index (χ2n) is 5.54. The summed E-state index contributed by atoms with van der Waals surface area (Å²) in [6.45, 7) is 8.35. The van der Waals surface area contributed by atoms with Crippen molar-refractivity contribution in [3.8, 4) is 0 Å². The fourth-order valence-electron chi connectivity index (χ4n) is 3.26. The normalized spacial score (nSPS) is 16.6. The van der Waals surface area contributed by atoms with Crippen LogP contribution in [0.15, 0.2) is 43.1 Å². The molecule has 0 spiro atoms. The van der Waals surface area contributed by atoms with Gasteiger partial charge in [0.1, 0.15) is 0 Å². The van der Waals surface area contributed by atoms with Gasteiger partial charge in [0.05, 0.1) is 0 Å². The molecular formula is C17H25Cl2N3. The Morgan fingerprint density at radius 1 is 1.23 bits per heavy atom. The van der Waals surface area contributed by atoms with E-state index in [-0.39, 0.29) is 24.8 Å². The van der Waals surface area contributed by atoms with Gasteiger partial charge in [0.15, 0.2) is 0 Å². The van der Waals surface area contributed by atoms with E-state index in [0.717, 1.165) is 32.6 Å². The number of hydrogen-bond acceptors (Lipinski definition) is 2. The molecule has 122 valence electrons. The Bertz CT molecular complexity index is 603. The number of halogens is 2. The van der Waals surface area contributed by atoms with Gasteiger partial charge in [-0.1, -0.05) is 24.3 Å². The Balaban J connectivity index is 0.00000121. The molecule has 22 heavy (non-hydrogen) atoms. The van der Waals surface area contributed by atoms with Crippen LogP contribution in [0.5, 0.6) is 0 Å². The topological polar surface area (TPSA) is 20.2 Å². The molecule has 0 aliphatic carbocycles. The highest BCUT2D eigenvalue weighted by molar-refractivity contribution is 5.86. The second-order valence-corrected chi connectivity index (χ2v) is 5.54. The number of benzene rings is 1. The fraction of sp³-hybridized carbons (Fsp3) is 0.412. The summed E-state index contributed by atoms with van der Waals surface area (Å²) >= 11 is 0. The molecule has 1 aliphatic rings. The number of nitrogens with zero attached hydrogens (tertiary/aromatic N) is 2. The third-order valence-electron chi connectivity index (χ3n) is 4.27. The van der Waals surface area contributed by atoms with Gasteiger partial charge in [-0.3, -0.25) is 4.90 Å². The summed E-state index contributed by atoms with van der Waals surface area (Å²) in [4.78, 5) is 2.58. The molecule has 3 rings (SSSR count). The predicted octanol–water partition coefficient (Wildman–Crippen LogP) is 3.54. The van der Waals surface area contributed by atoms with Crippen molar-refractivity contribution in [2.75, 3.05) is 26.2 Å². The molecule has 1 saturated heterocycles. The molecule has 0 saturated carbocycles. The molecule has 0 bridgehead atoms. The summed E-state index contributed by atoms with van der Waals surface area (Å²) in [5, 5.41) is 4.81. The molecule has 2 aromatic rings. The number of aromatic nitrogens is 1. The molecule has 0 radical (unpaired) electrons. The van der Waals surface area contributed by atoms with Crippen molar-refractivity contribution in [3.05, 3.63) is 48.7 Å². The lowest BCUT2D eigenvalue weighted by molar-refractivity contribution is 0.175. The maximum absolute atomic E-state index is 3.96. The van der Waals surface area contributed by atoms with Crippen LogP contribution >= 0.6 is 24.8 Å². The van der Waals surface area contributed by atoms with Crippen molar-refractivity contribution in [1.82, 2.24) is 14.8 Å². The van der Waals surface area contributed by atoms with E-state index in [1.165, 1.54) is 16.5 Å². The molecule has 1 aromatic heterocycles. The maximum Gasteiger partial charge on any atom is 0.0481 e. The smallest absolute Gasteiger partial charge is 0.0481 e. The summed E-state index contributed by atoms with van der Waals surface area (Å²) < 4.78 is 2.24. The Hall–Kier alpha value is -1.000. The quantitative estimate of drug-likeness (QED) is 0.858. The number of aryl methyl sites for hydroxylation is 1. The second kappa shape index (κ2) is 8.59. The van der Waals surface area contributed by atoms with Gasteiger partial charge < -0.3 is 9.88 Å². The Labute approximate surface area is 145 Å². The molecule has 1 N–H and O–H groups in total. The minimum atomic E-state index is 0. The number of para-hydroxylation sites is 1. The van der Waals surface area contributed by atoms with Gasteiger partial charge in [0.2, 0.25) is 0 Å². The largest absolute Gasteiger partial charge is 0.350 e. The number of nitrogens with one attached hydrogen (secondary N) is 1. The third-order valence-corrected chi connectivity index (χ3v) is 4.27. The predicted molar refractivity (Wildman–Crippen MR) is 99.4 cm³/mol. The SMILES string of the molecule is C=CC[C@H](c1cn(C)c2ccccc12)N1CCNCC1.Cl.Cl. The molecule has 3 nitrogen and oxygen atoms in total. The molecule has 0 amide bonds. The molecule has 1 fully saturated rings. The monoisotopic (exact) mass is 341 g/mol. The first-order chi connectivity index (χ1) is 9.81. The highest BCUT2D eigenvalue weighted by Gasteiger charge is 2.23. The van der Waals surface area contributed by atoms with Crippen LogP contribution in [0.4, 0.5) is 0 Å². The van der Waals surface area contributed by atoms with Crippen LogP contribution in [0.1, 0.15) is 18.0 Å². The van der Waals surface area contributed by atoms with Crippen molar-refractivity contribution < 1.29 is 0 Å².